The number of nitrogens with one attached hydrogen (secondary N) is 1. The molecule has 3 amide bonds. The highest BCUT2D eigenvalue weighted by Gasteiger charge is 2.41. The van der Waals surface area contributed by atoms with Crippen molar-refractivity contribution < 1.29 is 24.6 Å². The van der Waals surface area contributed by atoms with Gasteiger partial charge in [0.25, 0.3) is 11.8 Å². The minimum atomic E-state index is -0.594. The molecule has 0 unspecified atom stereocenters. The van der Waals surface area contributed by atoms with Crippen molar-refractivity contribution in [3.8, 4) is 0 Å². The first kappa shape index (κ1) is 45.1. The van der Waals surface area contributed by atoms with Crippen molar-refractivity contribution in [3.05, 3.63) is 128 Å². The summed E-state index contributed by atoms with van der Waals surface area (Å²) in [7, 11) is 0. The van der Waals surface area contributed by atoms with Gasteiger partial charge in [0.15, 0.2) is 0 Å². The van der Waals surface area contributed by atoms with E-state index >= 15 is 0 Å². The van der Waals surface area contributed by atoms with Gasteiger partial charge in [-0.2, -0.15) is 0 Å². The molecule has 4 saturated heterocycles. The maximum Gasteiger partial charge on any atom is 0.253 e. The molecule has 61 heavy (non-hydrogen) atoms. The molecule has 15 heteroatoms. The van der Waals surface area contributed by atoms with E-state index in [1.807, 2.05) is 41.3 Å². The van der Waals surface area contributed by atoms with E-state index in [9.17, 15) is 24.6 Å². The number of nitrogens with zero attached hydrogens (tertiary/aromatic N) is 5. The molecule has 3 N–H and O–H groups in total. The number of aliphatic hydroxyl groups is 2. The summed E-state index contributed by atoms with van der Waals surface area (Å²) in [6.45, 7) is 6.62. The third-order valence-corrected chi connectivity index (χ3v) is 13.3. The van der Waals surface area contributed by atoms with Crippen molar-refractivity contribution >= 4 is 75.5 Å². The maximum absolute atomic E-state index is 12.8. The van der Waals surface area contributed by atoms with Gasteiger partial charge in [-0.1, -0.05) is 46.4 Å². The molecule has 4 fully saturated rings. The van der Waals surface area contributed by atoms with Crippen molar-refractivity contribution in [2.45, 2.75) is 69.0 Å². The molecule has 4 aromatic rings. The Balaban J connectivity index is 0.000000185. The smallest absolute Gasteiger partial charge is 0.253 e. The molecule has 324 valence electrons. The van der Waals surface area contributed by atoms with Gasteiger partial charge in [-0.05, 0) is 123 Å². The first-order valence-corrected chi connectivity index (χ1v) is 22.4. The number of β-amino-alcohol motifs (C(OH)–C–C–N with tert-alkyl or cyclic N) is 2. The van der Waals surface area contributed by atoms with Crippen LogP contribution in [0.15, 0.2) is 97.1 Å². The fraction of sp³-hybridized carbons (Fsp3) is 0.413. The molecule has 4 aliphatic heterocycles. The normalized spacial score (nSPS) is 22.7. The molecule has 0 saturated carbocycles. The molecule has 4 aromatic carbocycles. The molecular weight excluding hydrogens is 858 g/mol. The standard InChI is InChI=1S/C24H27Cl2N3O3.C22H25Cl2N3O2/c1-16(30)29(20-8-6-19(26)7-9-20)21-10-12-27(13-11-21)22-14-28(15-23(22)31)24(32)17-2-4-18(25)5-3-17;23-16-3-1-15(2-4-16)22(29)27-13-20(21(28)14-27)26-11-9-19(10-12-26)25-18-7-5-17(24)6-8-18/h2-9,21-23,31H,10-15H2,1H3;1-8,19-21,25,28H,9-14H2/t22-,23-;20-,21-/m00/s1. The largest absolute Gasteiger partial charge is 0.390 e. The van der Waals surface area contributed by atoms with Crippen LogP contribution in [0.5, 0.6) is 0 Å². The fourth-order valence-corrected chi connectivity index (χ4v) is 9.53. The number of aliphatic hydroxyl groups excluding tert-OH is 2. The molecule has 4 heterocycles. The zero-order chi connectivity index (χ0) is 43.2. The predicted octanol–water partition coefficient (Wildman–Crippen LogP) is 7.45. The number of piperidine rings is 2. The molecule has 4 aliphatic rings. The minimum Gasteiger partial charge on any atom is -0.390 e. The summed E-state index contributed by atoms with van der Waals surface area (Å²) in [5.74, 6) is -0.141. The first-order chi connectivity index (χ1) is 29.3. The molecule has 0 aliphatic carbocycles. The van der Waals surface area contributed by atoms with E-state index in [0.29, 0.717) is 58.4 Å². The highest BCUT2D eigenvalue weighted by atomic mass is 35.5. The molecule has 8 rings (SSSR count). The van der Waals surface area contributed by atoms with Crippen LogP contribution in [-0.4, -0.2) is 136 Å². The Morgan fingerprint density at radius 3 is 1.34 bits per heavy atom. The van der Waals surface area contributed by atoms with Gasteiger partial charge in [-0.3, -0.25) is 24.2 Å². The lowest BCUT2D eigenvalue weighted by Crippen LogP contribution is -2.52. The quantitative estimate of drug-likeness (QED) is 0.167. The number of halogens is 4. The van der Waals surface area contributed by atoms with E-state index in [-0.39, 0.29) is 35.8 Å². The van der Waals surface area contributed by atoms with E-state index in [4.69, 9.17) is 46.4 Å². The first-order valence-electron chi connectivity index (χ1n) is 20.8. The van der Waals surface area contributed by atoms with Gasteiger partial charge in [0.1, 0.15) is 0 Å². The van der Waals surface area contributed by atoms with Crippen LogP contribution in [0.25, 0.3) is 0 Å². The molecule has 11 nitrogen and oxygen atoms in total. The monoisotopic (exact) mass is 908 g/mol. The Morgan fingerprint density at radius 1 is 0.557 bits per heavy atom. The number of anilines is 2. The van der Waals surface area contributed by atoms with Crippen LogP contribution in [0.1, 0.15) is 53.3 Å². The summed E-state index contributed by atoms with van der Waals surface area (Å²) < 4.78 is 0. The second-order valence-electron chi connectivity index (χ2n) is 16.3. The number of rotatable bonds is 8. The highest BCUT2D eigenvalue weighted by Crippen LogP contribution is 2.29. The van der Waals surface area contributed by atoms with Crippen LogP contribution in [0.4, 0.5) is 11.4 Å². The summed E-state index contributed by atoms with van der Waals surface area (Å²) in [4.78, 5) is 47.8. The van der Waals surface area contributed by atoms with Crippen LogP contribution in [-0.2, 0) is 4.79 Å². The lowest BCUT2D eigenvalue weighted by Gasteiger charge is -2.41. The number of hydrogen-bond donors (Lipinski definition) is 3. The van der Waals surface area contributed by atoms with Crippen molar-refractivity contribution in [1.82, 2.24) is 19.6 Å². The van der Waals surface area contributed by atoms with Gasteiger partial charge in [-0.25, -0.2) is 0 Å². The van der Waals surface area contributed by atoms with Crippen molar-refractivity contribution in [3.63, 3.8) is 0 Å². The van der Waals surface area contributed by atoms with E-state index in [1.165, 1.54) is 0 Å². The predicted molar refractivity (Wildman–Crippen MR) is 243 cm³/mol. The molecule has 0 radical (unpaired) electrons. The number of hydrogen-bond acceptors (Lipinski definition) is 8. The molecule has 0 bridgehead atoms. The third kappa shape index (κ3) is 11.4. The van der Waals surface area contributed by atoms with Gasteiger partial charge in [0.05, 0.1) is 24.3 Å². The lowest BCUT2D eigenvalue weighted by molar-refractivity contribution is -0.117. The minimum absolute atomic E-state index is 0.00594. The number of carbonyl (C=O) groups excluding carboxylic acids is 3. The van der Waals surface area contributed by atoms with Crippen molar-refractivity contribution in [2.75, 3.05) is 62.6 Å². The van der Waals surface area contributed by atoms with Crippen LogP contribution >= 0.6 is 46.4 Å². The Bertz CT molecular complexity index is 2100. The summed E-state index contributed by atoms with van der Waals surface area (Å²) in [5.41, 5.74) is 3.10. The molecule has 0 spiro atoms. The zero-order valence-corrected chi connectivity index (χ0v) is 37.1. The highest BCUT2D eigenvalue weighted by molar-refractivity contribution is 6.31. The molecule has 0 aromatic heterocycles. The van der Waals surface area contributed by atoms with E-state index in [2.05, 4.69) is 15.1 Å². The van der Waals surface area contributed by atoms with Crippen LogP contribution in [0.2, 0.25) is 20.1 Å². The van der Waals surface area contributed by atoms with Gasteiger partial charge in [0.2, 0.25) is 5.91 Å². The molecule has 4 atom stereocenters. The van der Waals surface area contributed by atoms with E-state index in [1.54, 1.807) is 77.4 Å². The number of likely N-dealkylation sites (tertiary alicyclic amines) is 4. The van der Waals surface area contributed by atoms with Crippen LogP contribution < -0.4 is 10.2 Å². The second-order valence-corrected chi connectivity index (χ2v) is 18.0. The maximum atomic E-state index is 12.8. The number of carbonyl (C=O) groups is 3. The zero-order valence-electron chi connectivity index (χ0n) is 34.1. The van der Waals surface area contributed by atoms with Crippen molar-refractivity contribution in [1.29, 1.82) is 0 Å². The van der Waals surface area contributed by atoms with Crippen molar-refractivity contribution in [2.24, 2.45) is 0 Å². The topological polar surface area (TPSA) is 120 Å². The summed E-state index contributed by atoms with van der Waals surface area (Å²) in [6, 6.07) is 29.2. The van der Waals surface area contributed by atoms with Gasteiger partial charge >= 0.3 is 0 Å². The Kier molecular flexibility index (Phi) is 15.2. The second kappa shape index (κ2) is 20.5. The van der Waals surface area contributed by atoms with E-state index < -0.39 is 12.2 Å². The summed E-state index contributed by atoms with van der Waals surface area (Å²) in [6.07, 6.45) is 2.48. The lowest BCUT2D eigenvalue weighted by atomic mass is 9.99. The molecular formula is C46H52Cl4N6O5. The van der Waals surface area contributed by atoms with Crippen LogP contribution in [0.3, 0.4) is 0 Å². The Labute approximate surface area is 377 Å². The number of amides is 3. The average Bonchev–Trinajstić information content (AvgIpc) is 3.85. The van der Waals surface area contributed by atoms with Gasteiger partial charge in [-0.15, -0.1) is 0 Å². The third-order valence-electron chi connectivity index (χ3n) is 12.3. The Hall–Kier alpha value is -3.91. The van der Waals surface area contributed by atoms with E-state index in [0.717, 1.165) is 68.3 Å². The number of benzene rings is 4. The summed E-state index contributed by atoms with van der Waals surface area (Å²) in [5, 5.41) is 27.4. The SMILES string of the molecule is CC(=O)N(c1ccc(Cl)cc1)C1CCN([C@H]2CN(C(=O)c3ccc(Cl)cc3)C[C@@H]2O)CC1.O=C(c1ccc(Cl)cc1)N1C[C@H](O)[C@@H](N2CCC(Nc3ccc(Cl)cc3)CC2)C1. The van der Waals surface area contributed by atoms with Gasteiger partial charge < -0.3 is 30.2 Å². The average molecular weight is 911 g/mol. The summed E-state index contributed by atoms with van der Waals surface area (Å²) >= 11 is 23.8. The van der Waals surface area contributed by atoms with Crippen LogP contribution in [0, 0.1) is 0 Å². The Morgan fingerprint density at radius 2 is 0.934 bits per heavy atom. The fourth-order valence-electron chi connectivity index (χ4n) is 9.02. The van der Waals surface area contributed by atoms with Gasteiger partial charge in [0, 0.05) is 114 Å².